The van der Waals surface area contributed by atoms with Gasteiger partial charge < -0.3 is 0 Å². The van der Waals surface area contributed by atoms with E-state index in [9.17, 15) is 0 Å². The van der Waals surface area contributed by atoms with Gasteiger partial charge in [0.25, 0.3) is 0 Å². The first-order valence-corrected chi connectivity index (χ1v) is 9.71. The van der Waals surface area contributed by atoms with Gasteiger partial charge in [0.2, 0.25) is 0 Å². The molecule has 0 heterocycles. The summed E-state index contributed by atoms with van der Waals surface area (Å²) in [6, 6.07) is 0. The molecule has 22 heavy (non-hydrogen) atoms. The SMILES string of the molecule is C=CC1=CCC2C3CCC4=C(CCC(CC)C4)C3CCC12C. The Morgan fingerprint density at radius 1 is 1.27 bits per heavy atom. The van der Waals surface area contributed by atoms with Gasteiger partial charge in [-0.25, -0.2) is 0 Å². The summed E-state index contributed by atoms with van der Waals surface area (Å²) in [5.74, 6) is 3.79. The van der Waals surface area contributed by atoms with E-state index < -0.39 is 0 Å². The molecule has 5 atom stereocenters. The molecule has 0 aromatic heterocycles. The van der Waals surface area contributed by atoms with Crippen molar-refractivity contribution < 1.29 is 0 Å². The maximum atomic E-state index is 4.09. The largest absolute Gasteiger partial charge is 0.0988 e. The van der Waals surface area contributed by atoms with Crippen LogP contribution < -0.4 is 0 Å². The zero-order chi connectivity index (χ0) is 15.3. The minimum absolute atomic E-state index is 0.446. The van der Waals surface area contributed by atoms with Gasteiger partial charge in [0.05, 0.1) is 0 Å². The number of hydrogen-bond acceptors (Lipinski definition) is 0. The molecule has 0 aromatic carbocycles. The highest BCUT2D eigenvalue weighted by atomic mass is 14.6. The summed E-state index contributed by atoms with van der Waals surface area (Å²) < 4.78 is 0. The molecule has 0 N–H and O–H groups in total. The van der Waals surface area contributed by atoms with Crippen LogP contribution in [-0.2, 0) is 0 Å². The van der Waals surface area contributed by atoms with E-state index in [-0.39, 0.29) is 0 Å². The molecule has 1 fully saturated rings. The molecule has 4 rings (SSSR count). The van der Waals surface area contributed by atoms with Crippen LogP contribution in [0.5, 0.6) is 0 Å². The van der Waals surface area contributed by atoms with Gasteiger partial charge in [0.1, 0.15) is 0 Å². The van der Waals surface area contributed by atoms with Crippen LogP contribution in [-0.4, -0.2) is 0 Å². The Kier molecular flexibility index (Phi) is 3.62. The van der Waals surface area contributed by atoms with Crippen molar-refractivity contribution in [3.8, 4) is 0 Å². The van der Waals surface area contributed by atoms with Gasteiger partial charge in [0.15, 0.2) is 0 Å². The third-order valence-corrected chi connectivity index (χ3v) is 7.91. The molecule has 0 saturated heterocycles. The summed E-state index contributed by atoms with van der Waals surface area (Å²) in [7, 11) is 0. The summed E-state index contributed by atoms with van der Waals surface area (Å²) in [6.07, 6.45) is 17.4. The topological polar surface area (TPSA) is 0 Å². The molecule has 120 valence electrons. The Balaban J connectivity index is 1.60. The smallest absolute Gasteiger partial charge is 0.00444 e. The Morgan fingerprint density at radius 2 is 2.14 bits per heavy atom. The number of fused-ring (bicyclic) bond motifs is 4. The van der Waals surface area contributed by atoms with E-state index >= 15 is 0 Å². The van der Waals surface area contributed by atoms with Gasteiger partial charge >= 0.3 is 0 Å². The second kappa shape index (κ2) is 5.39. The lowest BCUT2D eigenvalue weighted by Crippen LogP contribution is -2.42. The molecule has 4 aliphatic rings. The van der Waals surface area contributed by atoms with E-state index in [1.54, 1.807) is 5.57 Å². The van der Waals surface area contributed by atoms with Crippen molar-refractivity contribution in [1.29, 1.82) is 0 Å². The van der Waals surface area contributed by atoms with Gasteiger partial charge in [-0.15, -0.1) is 0 Å². The third kappa shape index (κ3) is 2.02. The molecule has 0 spiro atoms. The van der Waals surface area contributed by atoms with E-state index in [4.69, 9.17) is 0 Å². The highest BCUT2D eigenvalue weighted by Gasteiger charge is 2.51. The third-order valence-electron chi connectivity index (χ3n) is 7.91. The predicted octanol–water partition coefficient (Wildman–Crippen LogP) is 6.45. The van der Waals surface area contributed by atoms with Crippen LogP contribution in [0.25, 0.3) is 0 Å². The van der Waals surface area contributed by atoms with Crippen LogP contribution in [0, 0.1) is 29.1 Å². The Morgan fingerprint density at radius 3 is 2.91 bits per heavy atom. The van der Waals surface area contributed by atoms with E-state index in [1.165, 1.54) is 57.8 Å². The molecule has 0 nitrogen and oxygen atoms in total. The summed E-state index contributed by atoms with van der Waals surface area (Å²) in [4.78, 5) is 0. The van der Waals surface area contributed by atoms with Crippen molar-refractivity contribution in [3.63, 3.8) is 0 Å². The van der Waals surface area contributed by atoms with Crippen LogP contribution in [0.3, 0.4) is 0 Å². The molecule has 5 unspecified atom stereocenters. The maximum absolute atomic E-state index is 4.09. The first kappa shape index (κ1) is 14.8. The van der Waals surface area contributed by atoms with Crippen LogP contribution >= 0.6 is 0 Å². The van der Waals surface area contributed by atoms with Gasteiger partial charge in [0, 0.05) is 0 Å². The minimum atomic E-state index is 0.446. The molecule has 1 saturated carbocycles. The molecule has 0 radical (unpaired) electrons. The quantitative estimate of drug-likeness (QED) is 0.513. The number of allylic oxidation sites excluding steroid dienone is 5. The van der Waals surface area contributed by atoms with Crippen molar-refractivity contribution >= 4 is 0 Å². The predicted molar refractivity (Wildman–Crippen MR) is 94.6 cm³/mol. The Hall–Kier alpha value is -0.780. The second-order valence-electron chi connectivity index (χ2n) is 8.62. The van der Waals surface area contributed by atoms with Crippen LogP contribution in [0.4, 0.5) is 0 Å². The van der Waals surface area contributed by atoms with Crippen molar-refractivity contribution in [2.45, 2.75) is 71.6 Å². The summed E-state index contributed by atoms with van der Waals surface area (Å²) in [6.45, 7) is 9.01. The van der Waals surface area contributed by atoms with Crippen LogP contribution in [0.1, 0.15) is 71.6 Å². The van der Waals surface area contributed by atoms with Crippen molar-refractivity contribution in [1.82, 2.24) is 0 Å². The molecule has 0 heteroatoms. The Bertz CT molecular complexity index is 534. The normalized spacial score (nSPS) is 44.0. The lowest BCUT2D eigenvalue weighted by molar-refractivity contribution is 0.0556. The van der Waals surface area contributed by atoms with Crippen LogP contribution in [0.15, 0.2) is 35.5 Å². The maximum Gasteiger partial charge on any atom is -0.00444 e. The Labute approximate surface area is 136 Å². The average molecular weight is 296 g/mol. The zero-order valence-corrected chi connectivity index (χ0v) is 14.5. The highest BCUT2D eigenvalue weighted by Crippen LogP contribution is 2.61. The van der Waals surface area contributed by atoms with E-state index in [0.717, 1.165) is 23.7 Å². The van der Waals surface area contributed by atoms with E-state index in [2.05, 4.69) is 32.6 Å². The van der Waals surface area contributed by atoms with Gasteiger partial charge in [-0.1, -0.05) is 50.1 Å². The fourth-order valence-corrected chi connectivity index (χ4v) is 6.56. The molecule has 0 aliphatic heterocycles. The molecule has 0 bridgehead atoms. The molecular weight excluding hydrogens is 264 g/mol. The zero-order valence-electron chi connectivity index (χ0n) is 14.5. The molecule has 4 aliphatic carbocycles. The molecular formula is C22H32. The standard InChI is InChI=1S/C22H32/c1-4-15-6-9-18-16(14-15)7-10-20-19(18)12-13-22(3)17(5-2)8-11-21(20)22/h5,8,15,19-21H,2,4,6-7,9-14H2,1,3H3. The monoisotopic (exact) mass is 296 g/mol. The lowest BCUT2D eigenvalue weighted by Gasteiger charge is -2.52. The number of hydrogen-bond donors (Lipinski definition) is 0. The van der Waals surface area contributed by atoms with E-state index in [0.29, 0.717) is 5.41 Å². The lowest BCUT2D eigenvalue weighted by atomic mass is 9.53. The highest BCUT2D eigenvalue weighted by molar-refractivity contribution is 5.35. The minimum Gasteiger partial charge on any atom is -0.0988 e. The first-order chi connectivity index (χ1) is 10.7. The van der Waals surface area contributed by atoms with E-state index in [1.807, 2.05) is 11.1 Å². The second-order valence-corrected chi connectivity index (χ2v) is 8.62. The summed E-state index contributed by atoms with van der Waals surface area (Å²) in [5, 5.41) is 0. The number of rotatable bonds is 2. The van der Waals surface area contributed by atoms with Crippen molar-refractivity contribution in [2.24, 2.45) is 29.1 Å². The first-order valence-electron chi connectivity index (χ1n) is 9.71. The van der Waals surface area contributed by atoms with Gasteiger partial charge in [-0.2, -0.15) is 0 Å². The van der Waals surface area contributed by atoms with Crippen molar-refractivity contribution in [2.75, 3.05) is 0 Å². The van der Waals surface area contributed by atoms with Crippen LogP contribution in [0.2, 0.25) is 0 Å². The van der Waals surface area contributed by atoms with Gasteiger partial charge in [-0.05, 0) is 86.0 Å². The molecule has 0 aromatic rings. The fourth-order valence-electron chi connectivity index (χ4n) is 6.56. The average Bonchev–Trinajstić information content (AvgIpc) is 2.90. The summed E-state index contributed by atoms with van der Waals surface area (Å²) >= 11 is 0. The summed E-state index contributed by atoms with van der Waals surface area (Å²) in [5.41, 5.74) is 5.85. The van der Waals surface area contributed by atoms with Crippen molar-refractivity contribution in [3.05, 3.63) is 35.5 Å². The molecule has 0 amide bonds. The van der Waals surface area contributed by atoms with Gasteiger partial charge in [-0.3, -0.25) is 0 Å². The fraction of sp³-hybridized carbons (Fsp3) is 0.727.